The summed E-state index contributed by atoms with van der Waals surface area (Å²) in [4.78, 5) is 13.2. The third kappa shape index (κ3) is 4.38. The first kappa shape index (κ1) is 17.5. The minimum Gasteiger partial charge on any atom is -0.493 e. The van der Waals surface area contributed by atoms with Crippen molar-refractivity contribution < 1.29 is 9.47 Å². The summed E-state index contributed by atoms with van der Waals surface area (Å²) in [6, 6.07) is 13.3. The number of hydrogen-bond donors (Lipinski definition) is 2. The number of anilines is 3. The summed E-state index contributed by atoms with van der Waals surface area (Å²) in [6.45, 7) is 2.48. The zero-order valence-corrected chi connectivity index (χ0v) is 15.0. The highest BCUT2D eigenvalue weighted by Gasteiger charge is 2.07. The van der Waals surface area contributed by atoms with E-state index in [-0.39, 0.29) is 0 Å². The molecule has 7 heteroatoms. The topological polar surface area (TPSA) is 81.2 Å². The second kappa shape index (κ2) is 8.15. The summed E-state index contributed by atoms with van der Waals surface area (Å²) >= 11 is 0. The van der Waals surface area contributed by atoms with Crippen LogP contribution in [0.3, 0.4) is 0 Å². The van der Waals surface area contributed by atoms with Gasteiger partial charge < -0.3 is 20.1 Å². The van der Waals surface area contributed by atoms with Crippen LogP contribution < -0.4 is 20.1 Å². The highest BCUT2D eigenvalue weighted by molar-refractivity contribution is 5.62. The van der Waals surface area contributed by atoms with Crippen molar-refractivity contribution in [3.05, 3.63) is 60.0 Å². The zero-order valence-electron chi connectivity index (χ0n) is 15.0. The summed E-state index contributed by atoms with van der Waals surface area (Å²) in [6.07, 6.45) is 1.76. The van der Waals surface area contributed by atoms with E-state index in [1.165, 1.54) is 0 Å². The van der Waals surface area contributed by atoms with E-state index in [0.717, 1.165) is 17.1 Å². The van der Waals surface area contributed by atoms with Crippen molar-refractivity contribution in [2.45, 2.75) is 13.5 Å². The Balaban J connectivity index is 1.75. The first-order chi connectivity index (χ1) is 12.7. The first-order valence-corrected chi connectivity index (χ1v) is 8.16. The third-order valence-electron chi connectivity index (χ3n) is 3.66. The SMILES string of the molecule is COc1ccc(Nc2cc(C)nc(NCc3ccccn3)n2)cc1OC. The van der Waals surface area contributed by atoms with Gasteiger partial charge in [0.05, 0.1) is 26.5 Å². The molecule has 3 rings (SSSR count). The number of nitrogens with zero attached hydrogens (tertiary/aromatic N) is 3. The Morgan fingerprint density at radius 2 is 1.81 bits per heavy atom. The van der Waals surface area contributed by atoms with Gasteiger partial charge in [-0.2, -0.15) is 4.98 Å². The van der Waals surface area contributed by atoms with Gasteiger partial charge in [0.2, 0.25) is 5.95 Å². The number of pyridine rings is 1. The van der Waals surface area contributed by atoms with Gasteiger partial charge in [0, 0.05) is 29.7 Å². The molecular weight excluding hydrogens is 330 g/mol. The van der Waals surface area contributed by atoms with Crippen molar-refractivity contribution >= 4 is 17.5 Å². The van der Waals surface area contributed by atoms with Gasteiger partial charge in [-0.1, -0.05) is 6.07 Å². The van der Waals surface area contributed by atoms with E-state index in [2.05, 4.69) is 25.6 Å². The van der Waals surface area contributed by atoms with Crippen LogP contribution in [0.5, 0.6) is 11.5 Å². The highest BCUT2D eigenvalue weighted by atomic mass is 16.5. The van der Waals surface area contributed by atoms with E-state index in [0.29, 0.717) is 29.8 Å². The predicted molar refractivity (Wildman–Crippen MR) is 101 cm³/mol. The largest absolute Gasteiger partial charge is 0.493 e. The van der Waals surface area contributed by atoms with Crippen molar-refractivity contribution in [3.63, 3.8) is 0 Å². The Hall–Kier alpha value is -3.35. The minimum absolute atomic E-state index is 0.540. The van der Waals surface area contributed by atoms with Gasteiger partial charge in [0.1, 0.15) is 5.82 Å². The summed E-state index contributed by atoms with van der Waals surface area (Å²) in [5, 5.41) is 6.47. The maximum atomic E-state index is 5.33. The second-order valence-electron chi connectivity index (χ2n) is 5.59. The molecule has 2 N–H and O–H groups in total. The van der Waals surface area contributed by atoms with Crippen LogP contribution in [-0.2, 0) is 6.54 Å². The van der Waals surface area contributed by atoms with Gasteiger partial charge in [-0.15, -0.1) is 0 Å². The molecule has 0 bridgehead atoms. The monoisotopic (exact) mass is 351 g/mol. The molecule has 0 aliphatic heterocycles. The molecule has 0 spiro atoms. The molecule has 1 aromatic carbocycles. The molecular formula is C19H21N5O2. The highest BCUT2D eigenvalue weighted by Crippen LogP contribution is 2.31. The lowest BCUT2D eigenvalue weighted by Gasteiger charge is -2.12. The number of benzene rings is 1. The van der Waals surface area contributed by atoms with Crippen molar-refractivity contribution in [1.29, 1.82) is 0 Å². The van der Waals surface area contributed by atoms with Crippen molar-refractivity contribution in [3.8, 4) is 11.5 Å². The average molecular weight is 351 g/mol. The number of aryl methyl sites for hydroxylation is 1. The molecule has 0 radical (unpaired) electrons. The van der Waals surface area contributed by atoms with E-state index >= 15 is 0 Å². The second-order valence-corrected chi connectivity index (χ2v) is 5.59. The summed E-state index contributed by atoms with van der Waals surface area (Å²) in [5.74, 6) is 2.55. The molecule has 0 saturated carbocycles. The molecule has 0 fully saturated rings. The van der Waals surface area contributed by atoms with Crippen LogP contribution in [0.1, 0.15) is 11.4 Å². The maximum Gasteiger partial charge on any atom is 0.225 e. The van der Waals surface area contributed by atoms with Gasteiger partial charge in [-0.3, -0.25) is 4.98 Å². The lowest BCUT2D eigenvalue weighted by Crippen LogP contribution is -2.07. The Morgan fingerprint density at radius 1 is 0.962 bits per heavy atom. The number of hydrogen-bond acceptors (Lipinski definition) is 7. The molecule has 3 aromatic rings. The van der Waals surface area contributed by atoms with Crippen LogP contribution in [0.4, 0.5) is 17.5 Å². The quantitative estimate of drug-likeness (QED) is 0.673. The molecule has 0 aliphatic carbocycles. The van der Waals surface area contributed by atoms with Gasteiger partial charge in [0.15, 0.2) is 11.5 Å². The molecule has 2 heterocycles. The van der Waals surface area contributed by atoms with Gasteiger partial charge in [-0.25, -0.2) is 4.98 Å². The van der Waals surface area contributed by atoms with Crippen LogP contribution in [0.25, 0.3) is 0 Å². The molecule has 2 aromatic heterocycles. The summed E-state index contributed by atoms with van der Waals surface area (Å²) in [5.41, 5.74) is 2.62. The van der Waals surface area contributed by atoms with E-state index in [1.807, 2.05) is 49.4 Å². The lowest BCUT2D eigenvalue weighted by atomic mass is 10.2. The lowest BCUT2D eigenvalue weighted by molar-refractivity contribution is 0.355. The summed E-state index contributed by atoms with van der Waals surface area (Å²) < 4.78 is 10.6. The standard InChI is InChI=1S/C19H21N5O2/c1-13-10-18(23-14-7-8-16(25-2)17(11-14)26-3)24-19(22-13)21-12-15-6-4-5-9-20-15/h4-11H,12H2,1-3H3,(H2,21,22,23,24). The van der Waals surface area contributed by atoms with E-state index in [1.54, 1.807) is 20.4 Å². The number of rotatable bonds is 7. The minimum atomic E-state index is 0.540. The number of methoxy groups -OCH3 is 2. The van der Waals surface area contributed by atoms with Crippen LogP contribution in [0.15, 0.2) is 48.7 Å². The molecule has 0 aliphatic rings. The molecule has 0 amide bonds. The van der Waals surface area contributed by atoms with E-state index in [9.17, 15) is 0 Å². The molecule has 26 heavy (non-hydrogen) atoms. The van der Waals surface area contributed by atoms with Gasteiger partial charge >= 0.3 is 0 Å². The molecule has 7 nitrogen and oxygen atoms in total. The molecule has 0 atom stereocenters. The van der Waals surface area contributed by atoms with Crippen LogP contribution in [0, 0.1) is 6.92 Å². The van der Waals surface area contributed by atoms with Gasteiger partial charge in [0.25, 0.3) is 0 Å². The van der Waals surface area contributed by atoms with Crippen molar-refractivity contribution in [2.24, 2.45) is 0 Å². The number of aromatic nitrogens is 3. The van der Waals surface area contributed by atoms with Crippen molar-refractivity contribution in [2.75, 3.05) is 24.9 Å². The Morgan fingerprint density at radius 3 is 2.54 bits per heavy atom. The zero-order chi connectivity index (χ0) is 18.4. The predicted octanol–water partition coefficient (Wildman–Crippen LogP) is 3.55. The Bertz CT molecular complexity index is 871. The van der Waals surface area contributed by atoms with Crippen molar-refractivity contribution in [1.82, 2.24) is 15.0 Å². The van der Waals surface area contributed by atoms with Gasteiger partial charge in [-0.05, 0) is 31.2 Å². The fraction of sp³-hybridized carbons (Fsp3) is 0.211. The van der Waals surface area contributed by atoms with E-state index < -0.39 is 0 Å². The molecule has 134 valence electrons. The normalized spacial score (nSPS) is 10.3. The third-order valence-corrected chi connectivity index (χ3v) is 3.66. The van der Waals surface area contributed by atoms with Crippen LogP contribution in [-0.4, -0.2) is 29.2 Å². The molecule has 0 unspecified atom stereocenters. The number of nitrogens with one attached hydrogen (secondary N) is 2. The fourth-order valence-electron chi connectivity index (χ4n) is 2.45. The van der Waals surface area contributed by atoms with E-state index in [4.69, 9.17) is 9.47 Å². The number of ether oxygens (including phenoxy) is 2. The fourth-order valence-corrected chi connectivity index (χ4v) is 2.45. The van der Waals surface area contributed by atoms with Crippen LogP contribution >= 0.6 is 0 Å². The first-order valence-electron chi connectivity index (χ1n) is 8.16. The maximum absolute atomic E-state index is 5.33. The Labute approximate surface area is 152 Å². The summed E-state index contributed by atoms with van der Waals surface area (Å²) in [7, 11) is 3.22. The Kier molecular flexibility index (Phi) is 5.48. The van der Waals surface area contributed by atoms with Crippen LogP contribution in [0.2, 0.25) is 0 Å². The molecule has 0 saturated heterocycles. The smallest absolute Gasteiger partial charge is 0.225 e. The average Bonchev–Trinajstić information content (AvgIpc) is 2.66.